The molecule has 0 aliphatic carbocycles. The summed E-state index contributed by atoms with van der Waals surface area (Å²) < 4.78 is 0. The van der Waals surface area contributed by atoms with E-state index in [0.29, 0.717) is 5.41 Å². The maximum Gasteiger partial charge on any atom is 0.125 e. The van der Waals surface area contributed by atoms with Gasteiger partial charge < -0.3 is 4.79 Å². The highest BCUT2D eigenvalue weighted by Crippen LogP contribution is 2.39. The summed E-state index contributed by atoms with van der Waals surface area (Å²) in [6.07, 6.45) is 9.00. The molecule has 0 aromatic rings. The van der Waals surface area contributed by atoms with Gasteiger partial charge in [0.2, 0.25) is 0 Å². The summed E-state index contributed by atoms with van der Waals surface area (Å²) in [4.78, 5) is 11.1. The summed E-state index contributed by atoms with van der Waals surface area (Å²) in [7, 11) is 0. The van der Waals surface area contributed by atoms with Crippen molar-refractivity contribution in [1.82, 2.24) is 0 Å². The summed E-state index contributed by atoms with van der Waals surface area (Å²) in [6.45, 7) is 20.0. The Morgan fingerprint density at radius 1 is 0.700 bits per heavy atom. The van der Waals surface area contributed by atoms with Gasteiger partial charge in [0.05, 0.1) is 0 Å². The zero-order chi connectivity index (χ0) is 16.2. The average molecular weight is 280 g/mol. The van der Waals surface area contributed by atoms with Gasteiger partial charge in [0.25, 0.3) is 0 Å². The first-order valence-electron chi connectivity index (χ1n) is 7.91. The Balaban J connectivity index is 4.87. The molecule has 1 nitrogen and oxygen atoms in total. The van der Waals surface area contributed by atoms with Crippen LogP contribution < -0.4 is 0 Å². The molecule has 0 saturated heterocycles. The first-order valence-corrected chi connectivity index (χ1v) is 7.91. The molecular formula is C19H36O. The van der Waals surface area contributed by atoms with Crippen LogP contribution >= 0.6 is 0 Å². The molecule has 0 aromatic heterocycles. The summed E-state index contributed by atoms with van der Waals surface area (Å²) >= 11 is 0. The van der Waals surface area contributed by atoms with Crippen molar-refractivity contribution >= 4 is 6.29 Å². The molecule has 0 atom stereocenters. The van der Waals surface area contributed by atoms with Crippen LogP contribution in [-0.2, 0) is 4.79 Å². The molecule has 0 bridgehead atoms. The highest BCUT2D eigenvalue weighted by molar-refractivity contribution is 5.58. The minimum atomic E-state index is -0.249. The van der Waals surface area contributed by atoms with E-state index in [9.17, 15) is 4.79 Å². The summed E-state index contributed by atoms with van der Waals surface area (Å²) in [6, 6.07) is 0. The SMILES string of the molecule is CCC(C)(C)CC(C)(C)C=CC(C)(C)CC(C)(C)C=O. The van der Waals surface area contributed by atoms with Crippen molar-refractivity contribution in [3.8, 4) is 0 Å². The lowest BCUT2D eigenvalue weighted by Crippen LogP contribution is -2.24. The number of carbonyl (C=O) groups excluding carboxylic acids is 1. The quantitative estimate of drug-likeness (QED) is 0.391. The van der Waals surface area contributed by atoms with Crippen LogP contribution in [0.4, 0.5) is 0 Å². The first kappa shape index (κ1) is 19.4. The van der Waals surface area contributed by atoms with Crippen LogP contribution in [0, 0.1) is 21.7 Å². The largest absolute Gasteiger partial charge is 0.303 e. The van der Waals surface area contributed by atoms with Crippen molar-refractivity contribution in [3.05, 3.63) is 12.2 Å². The van der Waals surface area contributed by atoms with Gasteiger partial charge in [-0.3, -0.25) is 0 Å². The van der Waals surface area contributed by atoms with Crippen LogP contribution in [0.3, 0.4) is 0 Å². The summed E-state index contributed by atoms with van der Waals surface area (Å²) in [5.74, 6) is 0. The molecule has 1 heteroatoms. The van der Waals surface area contributed by atoms with Crippen molar-refractivity contribution in [2.24, 2.45) is 21.7 Å². The van der Waals surface area contributed by atoms with E-state index in [1.165, 1.54) is 12.8 Å². The lowest BCUT2D eigenvalue weighted by atomic mass is 9.71. The average Bonchev–Trinajstić information content (AvgIpc) is 2.24. The van der Waals surface area contributed by atoms with Gasteiger partial charge in [-0.15, -0.1) is 0 Å². The Hall–Kier alpha value is -0.590. The molecule has 0 heterocycles. The second kappa shape index (κ2) is 6.45. The van der Waals surface area contributed by atoms with Gasteiger partial charge in [0.15, 0.2) is 0 Å². The molecule has 0 saturated carbocycles. The molecule has 118 valence electrons. The van der Waals surface area contributed by atoms with E-state index in [-0.39, 0.29) is 16.2 Å². The predicted octanol–water partition coefficient (Wildman–Crippen LogP) is 6.04. The number of carbonyl (C=O) groups is 1. The number of allylic oxidation sites excluding steroid dienone is 2. The van der Waals surface area contributed by atoms with Gasteiger partial charge in [-0.25, -0.2) is 0 Å². The Kier molecular flexibility index (Phi) is 6.26. The Morgan fingerprint density at radius 3 is 1.45 bits per heavy atom. The number of hydrogen-bond donors (Lipinski definition) is 0. The van der Waals surface area contributed by atoms with Crippen molar-refractivity contribution in [3.63, 3.8) is 0 Å². The monoisotopic (exact) mass is 280 g/mol. The summed E-state index contributed by atoms with van der Waals surface area (Å²) in [5, 5.41) is 0. The Bertz CT molecular complexity index is 343. The third kappa shape index (κ3) is 7.87. The zero-order valence-corrected chi connectivity index (χ0v) is 15.3. The smallest absolute Gasteiger partial charge is 0.125 e. The standard InChI is InChI=1S/C19H36O/c1-10-16(2,3)13-17(4,5)11-12-18(6,7)14-19(8,9)15-20/h11-12,15H,10,13-14H2,1-9H3. The minimum absolute atomic E-state index is 0.0536. The fourth-order valence-electron chi connectivity index (χ4n) is 3.14. The third-order valence-electron chi connectivity index (χ3n) is 4.11. The van der Waals surface area contributed by atoms with Crippen LogP contribution in [-0.4, -0.2) is 6.29 Å². The van der Waals surface area contributed by atoms with Crippen molar-refractivity contribution in [2.45, 2.75) is 81.6 Å². The molecule has 0 aliphatic heterocycles. The lowest BCUT2D eigenvalue weighted by molar-refractivity contribution is -0.115. The highest BCUT2D eigenvalue weighted by Gasteiger charge is 2.29. The topological polar surface area (TPSA) is 17.1 Å². The molecule has 0 N–H and O–H groups in total. The molecule has 0 aliphatic rings. The van der Waals surface area contributed by atoms with Gasteiger partial charge in [0.1, 0.15) is 6.29 Å². The van der Waals surface area contributed by atoms with Crippen molar-refractivity contribution in [2.75, 3.05) is 0 Å². The van der Waals surface area contributed by atoms with Gasteiger partial charge >= 0.3 is 0 Å². The van der Waals surface area contributed by atoms with Crippen LogP contribution in [0.25, 0.3) is 0 Å². The second-order valence-corrected chi connectivity index (χ2v) is 9.29. The van der Waals surface area contributed by atoms with Gasteiger partial charge in [-0.05, 0) is 29.1 Å². The van der Waals surface area contributed by atoms with E-state index >= 15 is 0 Å². The molecule has 0 aromatic carbocycles. The van der Waals surface area contributed by atoms with Crippen LogP contribution in [0.2, 0.25) is 0 Å². The molecule has 20 heavy (non-hydrogen) atoms. The lowest BCUT2D eigenvalue weighted by Gasteiger charge is -2.34. The van der Waals surface area contributed by atoms with Gasteiger partial charge in [-0.2, -0.15) is 0 Å². The maximum absolute atomic E-state index is 11.1. The molecule has 0 unspecified atom stereocenters. The van der Waals surface area contributed by atoms with Gasteiger partial charge in [0, 0.05) is 5.41 Å². The van der Waals surface area contributed by atoms with E-state index in [4.69, 9.17) is 0 Å². The van der Waals surface area contributed by atoms with Crippen LogP contribution in [0.5, 0.6) is 0 Å². The van der Waals surface area contributed by atoms with E-state index < -0.39 is 0 Å². The van der Waals surface area contributed by atoms with Gasteiger partial charge in [-0.1, -0.05) is 80.9 Å². The maximum atomic E-state index is 11.1. The van der Waals surface area contributed by atoms with Crippen LogP contribution in [0.1, 0.15) is 81.6 Å². The van der Waals surface area contributed by atoms with E-state index in [0.717, 1.165) is 12.7 Å². The fourth-order valence-corrected chi connectivity index (χ4v) is 3.14. The van der Waals surface area contributed by atoms with Crippen LogP contribution in [0.15, 0.2) is 12.2 Å². The molecular weight excluding hydrogens is 244 g/mol. The number of rotatable bonds is 8. The van der Waals surface area contributed by atoms with E-state index in [2.05, 4.69) is 60.6 Å². The molecule has 0 rings (SSSR count). The number of hydrogen-bond acceptors (Lipinski definition) is 1. The normalized spacial score (nSPS) is 14.8. The highest BCUT2D eigenvalue weighted by atomic mass is 16.1. The summed E-state index contributed by atoms with van der Waals surface area (Å²) in [5.41, 5.74) is 0.376. The molecule has 0 fully saturated rings. The van der Waals surface area contributed by atoms with E-state index in [1.54, 1.807) is 0 Å². The predicted molar refractivity (Wildman–Crippen MR) is 89.9 cm³/mol. The third-order valence-corrected chi connectivity index (χ3v) is 4.11. The minimum Gasteiger partial charge on any atom is -0.303 e. The Labute approximate surface area is 127 Å². The first-order chi connectivity index (χ1) is 8.74. The second-order valence-electron chi connectivity index (χ2n) is 9.29. The van der Waals surface area contributed by atoms with Crippen molar-refractivity contribution in [1.29, 1.82) is 0 Å². The zero-order valence-electron chi connectivity index (χ0n) is 15.3. The molecule has 0 amide bonds. The number of aldehydes is 1. The molecule has 0 spiro atoms. The van der Waals surface area contributed by atoms with E-state index in [1.807, 2.05) is 13.8 Å². The fraction of sp³-hybridized carbons (Fsp3) is 0.842. The molecule has 0 radical (unpaired) electrons. The Morgan fingerprint density at radius 2 is 1.10 bits per heavy atom. The van der Waals surface area contributed by atoms with Crippen molar-refractivity contribution < 1.29 is 4.79 Å².